The SMILES string of the molecule is CCC(CC)C(CNC(=NC)NCc1cccc2cccnc12)N1CCOCC1.I. The summed E-state index contributed by atoms with van der Waals surface area (Å²) in [5.74, 6) is 1.50. The van der Waals surface area contributed by atoms with Gasteiger partial charge in [-0.2, -0.15) is 0 Å². The minimum absolute atomic E-state index is 0. The molecule has 1 aliphatic rings. The van der Waals surface area contributed by atoms with E-state index in [1.54, 1.807) is 0 Å². The average molecular weight is 525 g/mol. The first-order chi connectivity index (χ1) is 14.3. The fourth-order valence-electron chi connectivity index (χ4n) is 4.25. The van der Waals surface area contributed by atoms with Crippen molar-refractivity contribution in [3.63, 3.8) is 0 Å². The third kappa shape index (κ3) is 6.52. The summed E-state index contributed by atoms with van der Waals surface area (Å²) in [4.78, 5) is 11.6. The predicted molar refractivity (Wildman–Crippen MR) is 136 cm³/mol. The lowest BCUT2D eigenvalue weighted by Gasteiger charge is -2.39. The Morgan fingerprint density at radius 2 is 1.87 bits per heavy atom. The van der Waals surface area contributed by atoms with E-state index in [-0.39, 0.29) is 24.0 Å². The number of nitrogens with one attached hydrogen (secondary N) is 2. The number of ether oxygens (including phenoxy) is 1. The van der Waals surface area contributed by atoms with Crippen LogP contribution in [-0.2, 0) is 11.3 Å². The topological polar surface area (TPSA) is 61.8 Å². The van der Waals surface area contributed by atoms with Crippen molar-refractivity contribution in [3.05, 3.63) is 42.1 Å². The van der Waals surface area contributed by atoms with Gasteiger partial charge in [0.2, 0.25) is 0 Å². The Balaban J connectivity index is 0.00000320. The van der Waals surface area contributed by atoms with Gasteiger partial charge in [0.25, 0.3) is 0 Å². The molecule has 1 fully saturated rings. The maximum Gasteiger partial charge on any atom is 0.191 e. The van der Waals surface area contributed by atoms with Crippen LogP contribution in [0.1, 0.15) is 32.3 Å². The molecule has 2 aromatic rings. The highest BCUT2D eigenvalue weighted by atomic mass is 127. The number of aliphatic imine (C=N–C) groups is 1. The Kier molecular flexibility index (Phi) is 10.8. The van der Waals surface area contributed by atoms with Crippen LogP contribution >= 0.6 is 24.0 Å². The Morgan fingerprint density at radius 3 is 2.57 bits per heavy atom. The minimum Gasteiger partial charge on any atom is -0.379 e. The number of aromatic nitrogens is 1. The van der Waals surface area contributed by atoms with E-state index < -0.39 is 0 Å². The summed E-state index contributed by atoms with van der Waals surface area (Å²) >= 11 is 0. The van der Waals surface area contributed by atoms with Gasteiger partial charge < -0.3 is 15.4 Å². The van der Waals surface area contributed by atoms with Gasteiger partial charge in [-0.3, -0.25) is 14.9 Å². The molecule has 2 N–H and O–H groups in total. The zero-order valence-electron chi connectivity index (χ0n) is 18.4. The van der Waals surface area contributed by atoms with E-state index in [1.807, 2.05) is 19.3 Å². The van der Waals surface area contributed by atoms with Crippen molar-refractivity contribution in [1.82, 2.24) is 20.5 Å². The molecule has 6 nitrogen and oxygen atoms in total. The van der Waals surface area contributed by atoms with Crippen LogP contribution < -0.4 is 10.6 Å². The van der Waals surface area contributed by atoms with Crippen molar-refractivity contribution in [2.75, 3.05) is 39.9 Å². The zero-order valence-corrected chi connectivity index (χ0v) is 20.8. The van der Waals surface area contributed by atoms with Crippen molar-refractivity contribution in [2.45, 2.75) is 39.3 Å². The fourth-order valence-corrected chi connectivity index (χ4v) is 4.25. The van der Waals surface area contributed by atoms with Gasteiger partial charge in [0.05, 0.1) is 18.7 Å². The molecule has 0 aliphatic carbocycles. The van der Waals surface area contributed by atoms with E-state index in [0.29, 0.717) is 18.5 Å². The summed E-state index contributed by atoms with van der Waals surface area (Å²) in [5, 5.41) is 8.20. The van der Waals surface area contributed by atoms with Gasteiger partial charge in [-0.25, -0.2) is 0 Å². The summed E-state index contributed by atoms with van der Waals surface area (Å²) in [6, 6.07) is 10.9. The summed E-state index contributed by atoms with van der Waals surface area (Å²) in [5.41, 5.74) is 2.22. The van der Waals surface area contributed by atoms with Crippen LogP contribution in [0.5, 0.6) is 0 Å². The van der Waals surface area contributed by atoms with E-state index in [4.69, 9.17) is 4.74 Å². The number of pyridine rings is 1. The van der Waals surface area contributed by atoms with Crippen molar-refractivity contribution in [1.29, 1.82) is 0 Å². The number of benzene rings is 1. The highest BCUT2D eigenvalue weighted by Gasteiger charge is 2.27. The monoisotopic (exact) mass is 525 g/mol. The van der Waals surface area contributed by atoms with Crippen molar-refractivity contribution in [2.24, 2.45) is 10.9 Å². The van der Waals surface area contributed by atoms with Crippen LogP contribution in [0.25, 0.3) is 10.9 Å². The summed E-state index contributed by atoms with van der Waals surface area (Å²) in [6.07, 6.45) is 4.23. The number of fused-ring (bicyclic) bond motifs is 1. The summed E-state index contributed by atoms with van der Waals surface area (Å²) in [6.45, 7) is 9.86. The number of hydrogen-bond acceptors (Lipinski definition) is 4. The molecule has 1 atom stereocenters. The van der Waals surface area contributed by atoms with Gasteiger partial charge in [0.1, 0.15) is 0 Å². The number of hydrogen-bond donors (Lipinski definition) is 2. The van der Waals surface area contributed by atoms with Crippen LogP contribution in [0.3, 0.4) is 0 Å². The highest BCUT2D eigenvalue weighted by Crippen LogP contribution is 2.20. The normalized spacial score (nSPS) is 16.3. The maximum atomic E-state index is 5.56. The Bertz CT molecular complexity index is 785. The number of guanidine groups is 1. The lowest BCUT2D eigenvalue weighted by atomic mass is 9.92. The second kappa shape index (κ2) is 13.1. The van der Waals surface area contributed by atoms with Gasteiger partial charge in [-0.05, 0) is 17.5 Å². The largest absolute Gasteiger partial charge is 0.379 e. The molecule has 0 amide bonds. The molecule has 1 aliphatic heterocycles. The van der Waals surface area contributed by atoms with Crippen LogP contribution in [0.4, 0.5) is 0 Å². The van der Waals surface area contributed by atoms with E-state index in [2.05, 4.69) is 63.6 Å². The molecule has 0 saturated carbocycles. The highest BCUT2D eigenvalue weighted by molar-refractivity contribution is 14.0. The van der Waals surface area contributed by atoms with Crippen molar-refractivity contribution < 1.29 is 4.74 Å². The molecule has 7 heteroatoms. The molecule has 1 saturated heterocycles. The zero-order chi connectivity index (χ0) is 20.5. The van der Waals surface area contributed by atoms with E-state index in [0.717, 1.165) is 49.7 Å². The lowest BCUT2D eigenvalue weighted by molar-refractivity contribution is 0.00272. The molecule has 1 aromatic heterocycles. The molecular weight excluding hydrogens is 489 g/mol. The van der Waals surface area contributed by atoms with Crippen LogP contribution in [0, 0.1) is 5.92 Å². The quantitative estimate of drug-likeness (QED) is 0.313. The number of morpholine rings is 1. The predicted octanol–water partition coefficient (Wildman–Crippen LogP) is 3.65. The number of rotatable bonds is 8. The van der Waals surface area contributed by atoms with Gasteiger partial charge in [-0.15, -0.1) is 24.0 Å². The molecule has 166 valence electrons. The molecule has 2 heterocycles. The standard InChI is InChI=1S/C23H35N5O.HI/c1-4-18(5-2)21(28-12-14-29-15-13-28)17-27-23(24-3)26-16-20-9-6-8-19-10-7-11-25-22(19)20;/h6-11,18,21H,4-5,12-17H2,1-3H3,(H2,24,26,27);1H. The first kappa shape index (κ1) is 24.8. The molecule has 3 rings (SSSR count). The van der Waals surface area contributed by atoms with Crippen molar-refractivity contribution >= 4 is 40.8 Å². The minimum atomic E-state index is 0. The third-order valence-electron chi connectivity index (χ3n) is 5.97. The van der Waals surface area contributed by atoms with Gasteiger partial charge >= 0.3 is 0 Å². The Labute approximate surface area is 197 Å². The third-order valence-corrected chi connectivity index (χ3v) is 5.97. The molecule has 1 unspecified atom stereocenters. The van der Waals surface area contributed by atoms with Gasteiger partial charge in [0, 0.05) is 50.9 Å². The summed E-state index contributed by atoms with van der Waals surface area (Å²) < 4.78 is 5.56. The van der Waals surface area contributed by atoms with Crippen molar-refractivity contribution in [3.8, 4) is 0 Å². The first-order valence-corrected chi connectivity index (χ1v) is 10.9. The van der Waals surface area contributed by atoms with E-state index in [9.17, 15) is 0 Å². The Hall–Kier alpha value is -1.45. The maximum absolute atomic E-state index is 5.56. The van der Waals surface area contributed by atoms with Crippen LogP contribution in [0.2, 0.25) is 0 Å². The van der Waals surface area contributed by atoms with Gasteiger partial charge in [-0.1, -0.05) is 51.0 Å². The number of halogens is 1. The average Bonchev–Trinajstić information content (AvgIpc) is 2.79. The van der Waals surface area contributed by atoms with Crippen LogP contribution in [-0.4, -0.2) is 61.8 Å². The van der Waals surface area contributed by atoms with Crippen LogP contribution in [0.15, 0.2) is 41.5 Å². The second-order valence-electron chi connectivity index (χ2n) is 7.59. The second-order valence-corrected chi connectivity index (χ2v) is 7.59. The number of para-hydroxylation sites is 1. The molecular formula is C23H36IN5O. The smallest absolute Gasteiger partial charge is 0.191 e. The molecule has 0 bridgehead atoms. The molecule has 0 radical (unpaired) electrons. The van der Waals surface area contributed by atoms with Gasteiger partial charge in [0.15, 0.2) is 5.96 Å². The molecule has 30 heavy (non-hydrogen) atoms. The number of nitrogens with zero attached hydrogens (tertiary/aromatic N) is 3. The molecule has 1 aromatic carbocycles. The van der Waals surface area contributed by atoms with E-state index in [1.165, 1.54) is 18.4 Å². The van der Waals surface area contributed by atoms with E-state index >= 15 is 0 Å². The summed E-state index contributed by atoms with van der Waals surface area (Å²) in [7, 11) is 1.83. The Morgan fingerprint density at radius 1 is 1.13 bits per heavy atom. The lowest BCUT2D eigenvalue weighted by Crippen LogP contribution is -2.53. The first-order valence-electron chi connectivity index (χ1n) is 10.9. The molecule has 0 spiro atoms. The fraction of sp³-hybridized carbons (Fsp3) is 0.565.